The van der Waals surface area contributed by atoms with Gasteiger partial charge >= 0.3 is 0 Å². The molecule has 0 atom stereocenters. The number of amides is 1. The van der Waals surface area contributed by atoms with Crippen LogP contribution in [0.25, 0.3) is 0 Å². The Balaban J connectivity index is 2.05. The van der Waals surface area contributed by atoms with Crippen LogP contribution in [0.15, 0.2) is 53.4 Å². The smallest absolute Gasteiger partial charge is 0.258 e. The molecule has 2 rings (SSSR count). The molecule has 0 aliphatic carbocycles. The molecule has 0 spiro atoms. The Morgan fingerprint density at radius 3 is 2.17 bits per heavy atom. The first-order chi connectivity index (χ1) is 13.8. The summed E-state index contributed by atoms with van der Waals surface area (Å²) in [7, 11) is -3.54. The lowest BCUT2D eigenvalue weighted by atomic mass is 10.2. The van der Waals surface area contributed by atoms with E-state index in [0.717, 1.165) is 12.8 Å². The maximum atomic E-state index is 12.8. The predicted molar refractivity (Wildman–Crippen MR) is 121 cm³/mol. The van der Waals surface area contributed by atoms with Crippen molar-refractivity contribution >= 4 is 50.5 Å². The van der Waals surface area contributed by atoms with Crippen molar-refractivity contribution in [2.75, 3.05) is 18.4 Å². The molecule has 9 heteroatoms. The number of carbonyl (C=O) groups excluding carboxylic acids is 1. The van der Waals surface area contributed by atoms with Crippen molar-refractivity contribution in [2.24, 2.45) is 0 Å². The fourth-order valence-corrected chi connectivity index (χ4v) is 4.74. The van der Waals surface area contributed by atoms with Crippen LogP contribution in [0.4, 0.5) is 5.69 Å². The highest BCUT2D eigenvalue weighted by atomic mass is 35.5. The Morgan fingerprint density at radius 2 is 1.62 bits per heavy atom. The third kappa shape index (κ3) is 6.24. The molecular weight excluding hydrogens is 430 g/mol. The molecule has 156 valence electrons. The quantitative estimate of drug-likeness (QED) is 0.583. The highest BCUT2D eigenvalue weighted by molar-refractivity contribution is 7.89. The third-order valence-corrected chi connectivity index (χ3v) is 6.49. The van der Waals surface area contributed by atoms with E-state index in [2.05, 4.69) is 10.6 Å². The molecule has 6 nitrogen and oxygen atoms in total. The second kappa shape index (κ2) is 10.7. The number of halogens is 1. The number of anilines is 1. The summed E-state index contributed by atoms with van der Waals surface area (Å²) in [5, 5.41) is 5.83. The number of benzene rings is 2. The lowest BCUT2D eigenvalue weighted by Crippen LogP contribution is -2.34. The van der Waals surface area contributed by atoms with Gasteiger partial charge in [-0.15, -0.1) is 0 Å². The van der Waals surface area contributed by atoms with E-state index >= 15 is 0 Å². The van der Waals surface area contributed by atoms with Crippen molar-refractivity contribution < 1.29 is 13.2 Å². The highest BCUT2D eigenvalue weighted by Crippen LogP contribution is 2.19. The van der Waals surface area contributed by atoms with Gasteiger partial charge in [0.1, 0.15) is 0 Å². The molecule has 29 heavy (non-hydrogen) atoms. The molecule has 0 heterocycles. The Hall–Kier alpha value is -2.00. The second-order valence-corrected chi connectivity index (χ2v) is 9.07. The number of nitrogens with one attached hydrogen (secondary N) is 2. The Kier molecular flexibility index (Phi) is 8.58. The van der Waals surface area contributed by atoms with Crippen LogP contribution in [0.1, 0.15) is 37.0 Å². The molecule has 0 aromatic heterocycles. The summed E-state index contributed by atoms with van der Waals surface area (Å²) in [6.45, 7) is 4.86. The van der Waals surface area contributed by atoms with Gasteiger partial charge in [0, 0.05) is 18.8 Å². The zero-order chi connectivity index (χ0) is 21.4. The van der Waals surface area contributed by atoms with E-state index in [1.54, 1.807) is 36.4 Å². The van der Waals surface area contributed by atoms with Crippen LogP contribution < -0.4 is 10.6 Å². The van der Waals surface area contributed by atoms with Gasteiger partial charge in [0.25, 0.3) is 5.91 Å². The first kappa shape index (κ1) is 23.3. The van der Waals surface area contributed by atoms with Crippen LogP contribution in [-0.4, -0.2) is 36.8 Å². The van der Waals surface area contributed by atoms with Gasteiger partial charge < -0.3 is 5.32 Å². The normalized spacial score (nSPS) is 11.3. The number of thiocarbonyl (C=S) groups is 1. The maximum Gasteiger partial charge on any atom is 0.258 e. The average Bonchev–Trinajstić information content (AvgIpc) is 2.68. The second-order valence-electron chi connectivity index (χ2n) is 6.32. The monoisotopic (exact) mass is 453 g/mol. The van der Waals surface area contributed by atoms with Gasteiger partial charge in [-0.05, 0) is 61.5 Å². The van der Waals surface area contributed by atoms with E-state index in [0.29, 0.717) is 29.4 Å². The topological polar surface area (TPSA) is 78.5 Å². The lowest BCUT2D eigenvalue weighted by Gasteiger charge is -2.21. The molecular formula is C20H24ClN3O3S2. The van der Waals surface area contributed by atoms with Crippen LogP contribution in [0, 0.1) is 0 Å². The summed E-state index contributed by atoms with van der Waals surface area (Å²) < 4.78 is 27.1. The van der Waals surface area contributed by atoms with Crippen LogP contribution in [0.5, 0.6) is 0 Å². The SMILES string of the molecule is CCCN(CCC)S(=O)(=O)c1ccc(NC(=S)NC(=O)c2ccccc2Cl)cc1. The van der Waals surface area contributed by atoms with E-state index in [4.69, 9.17) is 23.8 Å². The molecule has 0 aliphatic heterocycles. The molecule has 0 fully saturated rings. The Bertz CT molecular complexity index is 957. The molecule has 1 amide bonds. The molecule has 0 saturated heterocycles. The van der Waals surface area contributed by atoms with Crippen molar-refractivity contribution in [2.45, 2.75) is 31.6 Å². The van der Waals surface area contributed by atoms with Crippen LogP contribution in [0.3, 0.4) is 0 Å². The largest absolute Gasteiger partial charge is 0.332 e. The summed E-state index contributed by atoms with van der Waals surface area (Å²) in [4.78, 5) is 12.5. The summed E-state index contributed by atoms with van der Waals surface area (Å²) >= 11 is 11.2. The van der Waals surface area contributed by atoms with Crippen molar-refractivity contribution in [1.29, 1.82) is 0 Å². The van der Waals surface area contributed by atoms with Gasteiger partial charge in [-0.3, -0.25) is 10.1 Å². The van der Waals surface area contributed by atoms with E-state index in [1.165, 1.54) is 16.4 Å². The first-order valence-corrected chi connectivity index (χ1v) is 11.5. The molecule has 0 radical (unpaired) electrons. The Morgan fingerprint density at radius 1 is 1.03 bits per heavy atom. The van der Waals surface area contributed by atoms with Gasteiger partial charge in [-0.2, -0.15) is 4.31 Å². The van der Waals surface area contributed by atoms with E-state index in [1.807, 2.05) is 13.8 Å². The average molecular weight is 454 g/mol. The van der Waals surface area contributed by atoms with Gasteiger partial charge in [0.15, 0.2) is 5.11 Å². The lowest BCUT2D eigenvalue weighted by molar-refractivity contribution is 0.0978. The fraction of sp³-hybridized carbons (Fsp3) is 0.300. The van der Waals surface area contributed by atoms with Crippen molar-refractivity contribution in [3.63, 3.8) is 0 Å². The highest BCUT2D eigenvalue weighted by Gasteiger charge is 2.22. The van der Waals surface area contributed by atoms with E-state index in [-0.39, 0.29) is 10.0 Å². The number of hydrogen-bond acceptors (Lipinski definition) is 4. The van der Waals surface area contributed by atoms with Crippen LogP contribution >= 0.6 is 23.8 Å². The van der Waals surface area contributed by atoms with Gasteiger partial charge in [0.05, 0.1) is 15.5 Å². The summed E-state index contributed by atoms with van der Waals surface area (Å²) in [5.41, 5.74) is 0.873. The number of nitrogens with zero attached hydrogens (tertiary/aromatic N) is 1. The predicted octanol–water partition coefficient (Wildman–Crippen LogP) is 4.28. The van der Waals surface area contributed by atoms with Crippen molar-refractivity contribution in [3.8, 4) is 0 Å². The summed E-state index contributed by atoms with van der Waals surface area (Å²) in [6.07, 6.45) is 1.50. The molecule has 0 bridgehead atoms. The van der Waals surface area contributed by atoms with E-state index < -0.39 is 15.9 Å². The standard InChI is InChI=1S/C20H24ClN3O3S2/c1-3-13-24(14-4-2)29(26,27)16-11-9-15(10-12-16)22-20(28)23-19(25)17-7-5-6-8-18(17)21/h5-12H,3-4,13-14H2,1-2H3,(H2,22,23,25,28). The van der Waals surface area contributed by atoms with E-state index in [9.17, 15) is 13.2 Å². The molecule has 2 N–H and O–H groups in total. The number of rotatable bonds is 8. The van der Waals surface area contributed by atoms with Gasteiger partial charge in [-0.25, -0.2) is 8.42 Å². The minimum Gasteiger partial charge on any atom is -0.332 e. The number of hydrogen-bond donors (Lipinski definition) is 2. The molecule has 0 aliphatic rings. The van der Waals surface area contributed by atoms with Gasteiger partial charge in [-0.1, -0.05) is 37.6 Å². The number of sulfonamides is 1. The molecule has 0 unspecified atom stereocenters. The van der Waals surface area contributed by atoms with Crippen LogP contribution in [-0.2, 0) is 10.0 Å². The molecule has 2 aromatic rings. The maximum absolute atomic E-state index is 12.8. The Labute approximate surface area is 182 Å². The zero-order valence-electron chi connectivity index (χ0n) is 16.3. The summed E-state index contributed by atoms with van der Waals surface area (Å²) in [5.74, 6) is -0.429. The number of carbonyl (C=O) groups is 1. The molecule has 0 saturated carbocycles. The van der Waals surface area contributed by atoms with Crippen LogP contribution in [0.2, 0.25) is 5.02 Å². The summed E-state index contributed by atoms with van der Waals surface area (Å²) in [6, 6.07) is 12.9. The molecule has 2 aromatic carbocycles. The third-order valence-electron chi connectivity index (χ3n) is 4.04. The minimum atomic E-state index is -3.54. The van der Waals surface area contributed by atoms with Crippen molar-refractivity contribution in [1.82, 2.24) is 9.62 Å². The fourth-order valence-electron chi connectivity index (χ4n) is 2.69. The zero-order valence-corrected chi connectivity index (χ0v) is 18.7. The minimum absolute atomic E-state index is 0.0871. The first-order valence-electron chi connectivity index (χ1n) is 9.26. The van der Waals surface area contributed by atoms with Crippen molar-refractivity contribution in [3.05, 3.63) is 59.1 Å². The van der Waals surface area contributed by atoms with Gasteiger partial charge in [0.2, 0.25) is 10.0 Å².